The number of aromatic nitrogens is 4. The van der Waals surface area contributed by atoms with Crippen molar-refractivity contribution in [3.63, 3.8) is 0 Å². The Labute approximate surface area is 332 Å². The van der Waals surface area contributed by atoms with Gasteiger partial charge in [0.25, 0.3) is 0 Å². The first-order chi connectivity index (χ1) is 26.8. The molecule has 0 aliphatic carbocycles. The quantitative estimate of drug-likeness (QED) is 0.128. The van der Waals surface area contributed by atoms with Crippen LogP contribution in [0.2, 0.25) is 0 Å². The van der Waals surface area contributed by atoms with Gasteiger partial charge in [0, 0.05) is 35.6 Å². The smallest absolute Gasteiger partial charge is 0.304 e. The average molecular weight is 881 g/mol. The minimum absolute atomic E-state index is 0. The summed E-state index contributed by atoms with van der Waals surface area (Å²) in [6.45, 7) is 0. The van der Waals surface area contributed by atoms with E-state index in [-0.39, 0.29) is 20.1 Å². The number of rotatable bonds is 2. The summed E-state index contributed by atoms with van der Waals surface area (Å²) in [5, 5.41) is 9.19. The van der Waals surface area contributed by atoms with Crippen LogP contribution in [0.4, 0.5) is 0 Å². The average Bonchev–Trinajstić information content (AvgIpc) is 3.27. The van der Waals surface area contributed by atoms with Crippen molar-refractivity contribution in [3.8, 4) is 22.3 Å². The van der Waals surface area contributed by atoms with Gasteiger partial charge in [0.05, 0.1) is 11.0 Å². The van der Waals surface area contributed by atoms with Crippen molar-refractivity contribution >= 4 is 65.2 Å². The number of hydrogen-bond acceptors (Lipinski definition) is 4. The molecule has 4 aromatic heterocycles. The zero-order valence-electron chi connectivity index (χ0n) is 29.6. The summed E-state index contributed by atoms with van der Waals surface area (Å²) in [6, 6.07) is 64.3. The summed E-state index contributed by atoms with van der Waals surface area (Å²) in [5.41, 5.74) is 8.71. The van der Waals surface area contributed by atoms with Crippen LogP contribution in [0.1, 0.15) is 0 Å². The van der Waals surface area contributed by atoms with E-state index in [1.807, 2.05) is 73.3 Å². The molecule has 0 saturated heterocycles. The number of benzene rings is 7. The molecule has 5 heteroatoms. The standard InChI is InChI=1S/C24H16N2.2C13H8N.Ir/c1-3-7-17(8-4-1)19-13-15-25-23-21(19)11-12-22-20(14-16-26-24(22)23)18-9-5-2-6-10-18;2*1-2-6-12-10(4-1)7-8-11-5-3-9-14-13(11)12;/h1-16H;2*1-5,7-9H;/q;2*-1;+3. The van der Waals surface area contributed by atoms with Crippen molar-refractivity contribution < 1.29 is 20.1 Å². The van der Waals surface area contributed by atoms with E-state index in [1.165, 1.54) is 43.8 Å². The Kier molecular flexibility index (Phi) is 10.4. The van der Waals surface area contributed by atoms with Gasteiger partial charge >= 0.3 is 20.1 Å². The van der Waals surface area contributed by atoms with E-state index in [0.29, 0.717) is 0 Å². The van der Waals surface area contributed by atoms with Crippen molar-refractivity contribution in [3.05, 3.63) is 207 Å². The molecule has 0 aliphatic heterocycles. The number of pyridine rings is 4. The van der Waals surface area contributed by atoms with Crippen LogP contribution in [0.5, 0.6) is 0 Å². The van der Waals surface area contributed by atoms with Gasteiger partial charge in [0.1, 0.15) is 0 Å². The Balaban J connectivity index is 0.000000125. The molecule has 7 aromatic carbocycles. The minimum atomic E-state index is 0. The van der Waals surface area contributed by atoms with Crippen molar-refractivity contribution in [2.45, 2.75) is 0 Å². The second-order valence-corrected chi connectivity index (χ2v) is 12.9. The van der Waals surface area contributed by atoms with Gasteiger partial charge in [-0.25, -0.2) is 0 Å². The second kappa shape index (κ2) is 16.2. The summed E-state index contributed by atoms with van der Waals surface area (Å²) in [4.78, 5) is 18.1. The van der Waals surface area contributed by atoms with Gasteiger partial charge in [0.15, 0.2) is 0 Å². The molecule has 0 unspecified atom stereocenters. The predicted molar refractivity (Wildman–Crippen MR) is 224 cm³/mol. The predicted octanol–water partition coefficient (Wildman–Crippen LogP) is 12.5. The zero-order chi connectivity index (χ0) is 36.1. The third kappa shape index (κ3) is 7.19. The van der Waals surface area contributed by atoms with Crippen LogP contribution in [0, 0.1) is 12.1 Å². The molecule has 11 aromatic rings. The molecule has 0 radical (unpaired) electrons. The molecular weight excluding hydrogens is 849 g/mol. The largest absolute Gasteiger partial charge is 3.00 e. The molecule has 11 rings (SSSR count). The molecule has 0 saturated carbocycles. The Morgan fingerprint density at radius 1 is 0.309 bits per heavy atom. The van der Waals surface area contributed by atoms with E-state index in [0.717, 1.165) is 43.6 Å². The molecule has 4 heterocycles. The van der Waals surface area contributed by atoms with Gasteiger partial charge in [-0.05, 0) is 68.3 Å². The van der Waals surface area contributed by atoms with Crippen molar-refractivity contribution in [1.82, 2.24) is 19.9 Å². The third-order valence-corrected chi connectivity index (χ3v) is 9.60. The van der Waals surface area contributed by atoms with Crippen LogP contribution in [-0.2, 0) is 20.1 Å². The van der Waals surface area contributed by atoms with Crippen molar-refractivity contribution in [2.24, 2.45) is 0 Å². The Morgan fingerprint density at radius 2 is 0.709 bits per heavy atom. The Bertz CT molecular complexity index is 2740. The van der Waals surface area contributed by atoms with E-state index in [2.05, 4.69) is 153 Å². The van der Waals surface area contributed by atoms with Gasteiger partial charge in [-0.15, -0.1) is 70.1 Å². The molecule has 0 amide bonds. The Morgan fingerprint density at radius 3 is 1.16 bits per heavy atom. The molecule has 4 nitrogen and oxygen atoms in total. The molecule has 0 atom stereocenters. The van der Waals surface area contributed by atoms with E-state index in [1.54, 1.807) is 0 Å². The first kappa shape index (κ1) is 35.4. The fraction of sp³-hybridized carbons (Fsp3) is 0. The van der Waals surface area contributed by atoms with Crippen LogP contribution in [0.25, 0.3) is 87.4 Å². The van der Waals surface area contributed by atoms with Crippen LogP contribution >= 0.6 is 0 Å². The van der Waals surface area contributed by atoms with Crippen LogP contribution < -0.4 is 0 Å². The summed E-state index contributed by atoms with van der Waals surface area (Å²) in [7, 11) is 0. The van der Waals surface area contributed by atoms with Crippen molar-refractivity contribution in [1.29, 1.82) is 0 Å². The molecule has 260 valence electrons. The number of hydrogen-bond donors (Lipinski definition) is 0. The molecule has 0 aliphatic rings. The molecule has 0 bridgehead atoms. The maximum absolute atomic E-state index is 4.67. The van der Waals surface area contributed by atoms with Gasteiger partial charge in [0.2, 0.25) is 0 Å². The normalized spacial score (nSPS) is 10.8. The molecular formula is C50H32IrN4+. The summed E-state index contributed by atoms with van der Waals surface area (Å²) >= 11 is 0. The van der Waals surface area contributed by atoms with E-state index >= 15 is 0 Å². The first-order valence-corrected chi connectivity index (χ1v) is 17.9. The maximum atomic E-state index is 4.67. The van der Waals surface area contributed by atoms with Gasteiger partial charge in [-0.3, -0.25) is 9.97 Å². The first-order valence-electron chi connectivity index (χ1n) is 17.9. The summed E-state index contributed by atoms with van der Waals surface area (Å²) in [5.74, 6) is 0. The molecule has 0 fully saturated rings. The topological polar surface area (TPSA) is 51.6 Å². The molecule has 55 heavy (non-hydrogen) atoms. The fourth-order valence-electron chi connectivity index (χ4n) is 7.04. The fourth-order valence-corrected chi connectivity index (χ4v) is 7.04. The molecule has 0 N–H and O–H groups in total. The van der Waals surface area contributed by atoms with Gasteiger partial charge in [-0.1, -0.05) is 109 Å². The second-order valence-electron chi connectivity index (χ2n) is 12.9. The van der Waals surface area contributed by atoms with Crippen LogP contribution in [0.15, 0.2) is 195 Å². The number of nitrogens with zero attached hydrogens (tertiary/aromatic N) is 4. The maximum Gasteiger partial charge on any atom is 3.00 e. The summed E-state index contributed by atoms with van der Waals surface area (Å²) < 4.78 is 0. The summed E-state index contributed by atoms with van der Waals surface area (Å²) in [6.07, 6.45) is 7.40. The number of fused-ring (bicyclic) bond motifs is 9. The monoisotopic (exact) mass is 881 g/mol. The van der Waals surface area contributed by atoms with Gasteiger partial charge < -0.3 is 9.97 Å². The van der Waals surface area contributed by atoms with E-state index in [4.69, 9.17) is 0 Å². The van der Waals surface area contributed by atoms with Crippen molar-refractivity contribution in [2.75, 3.05) is 0 Å². The SMILES string of the molecule is [Ir+3].[c-]1cccc2ccc3cccnc3c12.[c-]1cccc2ccc3cccnc3c12.c1ccc(-c2ccnc3c2ccc2c(-c4ccccc4)ccnc23)cc1. The third-order valence-electron chi connectivity index (χ3n) is 9.60. The van der Waals surface area contributed by atoms with Crippen LogP contribution in [0.3, 0.4) is 0 Å². The molecule has 0 spiro atoms. The van der Waals surface area contributed by atoms with E-state index < -0.39 is 0 Å². The zero-order valence-corrected chi connectivity index (χ0v) is 32.0. The minimum Gasteiger partial charge on any atom is -0.304 e. The van der Waals surface area contributed by atoms with Gasteiger partial charge in [-0.2, -0.15) is 0 Å². The van der Waals surface area contributed by atoms with Crippen LogP contribution in [-0.4, -0.2) is 19.9 Å². The Hall–Kier alpha value is -6.65. The van der Waals surface area contributed by atoms with E-state index in [9.17, 15) is 0 Å².